The molecule has 24 heavy (non-hydrogen) atoms. The molecule has 1 aromatic heterocycles. The average Bonchev–Trinajstić information content (AvgIpc) is 2.93. The summed E-state index contributed by atoms with van der Waals surface area (Å²) in [7, 11) is -1.03. The molecule has 7 heteroatoms. The molecule has 0 spiro atoms. The third-order valence-electron chi connectivity index (χ3n) is 4.37. The topological polar surface area (TPSA) is 68.1 Å². The fraction of sp³-hybridized carbons (Fsp3) is 0.471. The van der Waals surface area contributed by atoms with Crippen LogP contribution in [0.25, 0.3) is 0 Å². The maximum Gasteiger partial charge on any atom is 0.253 e. The molecule has 3 rings (SSSR count). The standard InChI is InChI=1S/C17H22N4O2S/c1-12-18-13(2)21(19-12)15-5-4-10-20(11-15)17(22)14-6-8-16(9-7-14)24(3)23/h6-9,15H,4-5,10-11H2,1-3H3. The number of hydrogen-bond acceptors (Lipinski definition) is 4. The van der Waals surface area contributed by atoms with Crippen LogP contribution < -0.4 is 0 Å². The van der Waals surface area contributed by atoms with Crippen LogP contribution in [-0.2, 0) is 10.8 Å². The van der Waals surface area contributed by atoms with Gasteiger partial charge in [0.2, 0.25) is 0 Å². The van der Waals surface area contributed by atoms with Gasteiger partial charge in [0.1, 0.15) is 11.6 Å². The van der Waals surface area contributed by atoms with Crippen molar-refractivity contribution < 1.29 is 9.00 Å². The van der Waals surface area contributed by atoms with Gasteiger partial charge in [-0.15, -0.1) is 0 Å². The molecule has 1 aromatic carbocycles. The Kier molecular flexibility index (Phi) is 4.80. The van der Waals surface area contributed by atoms with Crippen LogP contribution in [0.5, 0.6) is 0 Å². The van der Waals surface area contributed by atoms with Crippen molar-refractivity contribution in [3.63, 3.8) is 0 Å². The Bertz CT molecular complexity index is 769. The van der Waals surface area contributed by atoms with E-state index in [0.29, 0.717) is 12.1 Å². The maximum absolute atomic E-state index is 12.8. The second-order valence-electron chi connectivity index (χ2n) is 6.18. The predicted molar refractivity (Wildman–Crippen MR) is 92.4 cm³/mol. The quantitative estimate of drug-likeness (QED) is 0.854. The fourth-order valence-corrected chi connectivity index (χ4v) is 3.71. The van der Waals surface area contributed by atoms with E-state index >= 15 is 0 Å². The highest BCUT2D eigenvalue weighted by atomic mass is 32.2. The molecule has 2 atom stereocenters. The van der Waals surface area contributed by atoms with Gasteiger partial charge in [0.05, 0.1) is 6.04 Å². The molecule has 1 aliphatic heterocycles. The zero-order valence-corrected chi connectivity index (χ0v) is 15.0. The number of aryl methyl sites for hydroxylation is 2. The molecule has 1 aliphatic rings. The first-order valence-corrected chi connectivity index (χ1v) is 9.64. The first-order chi connectivity index (χ1) is 11.5. The van der Waals surface area contributed by atoms with Gasteiger partial charge in [-0.3, -0.25) is 9.00 Å². The molecule has 0 saturated carbocycles. The number of likely N-dealkylation sites (tertiary alicyclic amines) is 1. The van der Waals surface area contributed by atoms with Crippen LogP contribution in [0, 0.1) is 13.8 Å². The number of aromatic nitrogens is 3. The summed E-state index contributed by atoms with van der Waals surface area (Å²) in [6, 6.07) is 7.21. The number of carbonyl (C=O) groups excluding carboxylic acids is 1. The maximum atomic E-state index is 12.8. The number of benzene rings is 1. The molecule has 2 aromatic rings. The Balaban J connectivity index is 1.75. The molecule has 1 fully saturated rings. The highest BCUT2D eigenvalue weighted by molar-refractivity contribution is 7.84. The summed E-state index contributed by atoms with van der Waals surface area (Å²) < 4.78 is 13.4. The second-order valence-corrected chi connectivity index (χ2v) is 7.56. The monoisotopic (exact) mass is 346 g/mol. The van der Waals surface area contributed by atoms with Crippen LogP contribution in [0.15, 0.2) is 29.2 Å². The van der Waals surface area contributed by atoms with Gasteiger partial charge in [-0.1, -0.05) is 0 Å². The van der Waals surface area contributed by atoms with E-state index < -0.39 is 10.8 Å². The first kappa shape index (κ1) is 16.8. The molecule has 6 nitrogen and oxygen atoms in total. The van der Waals surface area contributed by atoms with Crippen molar-refractivity contribution in [2.45, 2.75) is 37.6 Å². The van der Waals surface area contributed by atoms with Crippen molar-refractivity contribution in [1.82, 2.24) is 19.7 Å². The van der Waals surface area contributed by atoms with Crippen molar-refractivity contribution in [3.8, 4) is 0 Å². The van der Waals surface area contributed by atoms with E-state index in [9.17, 15) is 9.00 Å². The van der Waals surface area contributed by atoms with E-state index in [1.165, 1.54) is 0 Å². The van der Waals surface area contributed by atoms with Gasteiger partial charge in [0.15, 0.2) is 0 Å². The number of rotatable bonds is 3. The molecule has 128 valence electrons. The van der Waals surface area contributed by atoms with Gasteiger partial charge < -0.3 is 4.90 Å². The molecule has 0 radical (unpaired) electrons. The normalized spacial score (nSPS) is 19.3. The molecular formula is C17H22N4O2S. The van der Waals surface area contributed by atoms with Crippen LogP contribution in [0.2, 0.25) is 0 Å². The summed E-state index contributed by atoms with van der Waals surface area (Å²) in [6.07, 6.45) is 3.58. The Hall–Kier alpha value is -2.02. The van der Waals surface area contributed by atoms with Crippen molar-refractivity contribution in [2.24, 2.45) is 0 Å². The Morgan fingerprint density at radius 3 is 2.54 bits per heavy atom. The van der Waals surface area contributed by atoms with Crippen molar-refractivity contribution in [3.05, 3.63) is 41.5 Å². The first-order valence-electron chi connectivity index (χ1n) is 8.08. The zero-order chi connectivity index (χ0) is 17.3. The minimum absolute atomic E-state index is 0.0163. The Labute approximate surface area is 144 Å². The molecule has 1 saturated heterocycles. The van der Waals surface area contributed by atoms with Crippen LogP contribution in [0.1, 0.15) is 40.9 Å². The van der Waals surface area contributed by atoms with Crippen LogP contribution in [0.3, 0.4) is 0 Å². The lowest BCUT2D eigenvalue weighted by Crippen LogP contribution is -2.41. The second kappa shape index (κ2) is 6.84. The molecule has 0 N–H and O–H groups in total. The highest BCUT2D eigenvalue weighted by Crippen LogP contribution is 2.23. The largest absolute Gasteiger partial charge is 0.337 e. The third kappa shape index (κ3) is 3.40. The van der Waals surface area contributed by atoms with Crippen LogP contribution >= 0.6 is 0 Å². The van der Waals surface area contributed by atoms with Crippen molar-refractivity contribution >= 4 is 16.7 Å². The Morgan fingerprint density at radius 2 is 1.96 bits per heavy atom. The molecule has 2 heterocycles. The van der Waals surface area contributed by atoms with Gasteiger partial charge in [0.25, 0.3) is 5.91 Å². The number of nitrogens with zero attached hydrogens (tertiary/aromatic N) is 4. The molecular weight excluding hydrogens is 324 g/mol. The summed E-state index contributed by atoms with van der Waals surface area (Å²) in [5.74, 6) is 1.67. The van der Waals surface area contributed by atoms with E-state index in [4.69, 9.17) is 0 Å². The Morgan fingerprint density at radius 1 is 1.25 bits per heavy atom. The number of piperidine rings is 1. The van der Waals surface area contributed by atoms with Gasteiger partial charge in [-0.2, -0.15) is 5.10 Å². The van der Waals surface area contributed by atoms with Gasteiger partial charge in [-0.05, 0) is 51.0 Å². The molecule has 1 amide bonds. The molecule has 0 aliphatic carbocycles. The summed E-state index contributed by atoms with van der Waals surface area (Å²) in [5.41, 5.74) is 0.636. The zero-order valence-electron chi connectivity index (χ0n) is 14.2. The van der Waals surface area contributed by atoms with Crippen LogP contribution in [-0.4, -0.2) is 49.1 Å². The molecule has 2 unspecified atom stereocenters. The average molecular weight is 346 g/mol. The number of hydrogen-bond donors (Lipinski definition) is 0. The van der Waals surface area contributed by atoms with Crippen molar-refractivity contribution in [1.29, 1.82) is 0 Å². The summed E-state index contributed by atoms with van der Waals surface area (Å²) in [5, 5.41) is 4.47. The van der Waals surface area contributed by atoms with Gasteiger partial charge >= 0.3 is 0 Å². The SMILES string of the molecule is Cc1nc(C)n(C2CCCN(C(=O)c3ccc(S(C)=O)cc3)C2)n1. The third-order valence-corrected chi connectivity index (χ3v) is 5.31. The van der Waals surface area contributed by atoms with Crippen molar-refractivity contribution in [2.75, 3.05) is 19.3 Å². The van der Waals surface area contributed by atoms with E-state index in [-0.39, 0.29) is 11.9 Å². The smallest absolute Gasteiger partial charge is 0.253 e. The lowest BCUT2D eigenvalue weighted by molar-refractivity contribution is 0.0671. The summed E-state index contributed by atoms with van der Waals surface area (Å²) in [4.78, 5) is 19.7. The predicted octanol–water partition coefficient (Wildman–Crippen LogP) is 2.11. The lowest BCUT2D eigenvalue weighted by atomic mass is 10.0. The van der Waals surface area contributed by atoms with Gasteiger partial charge in [0, 0.05) is 40.6 Å². The highest BCUT2D eigenvalue weighted by Gasteiger charge is 2.27. The molecule has 0 bridgehead atoms. The number of amides is 1. The van der Waals surface area contributed by atoms with Crippen LogP contribution in [0.4, 0.5) is 0 Å². The van der Waals surface area contributed by atoms with E-state index in [1.807, 2.05) is 23.4 Å². The summed E-state index contributed by atoms with van der Waals surface area (Å²) >= 11 is 0. The number of carbonyl (C=O) groups is 1. The minimum Gasteiger partial charge on any atom is -0.337 e. The lowest BCUT2D eigenvalue weighted by Gasteiger charge is -2.33. The minimum atomic E-state index is -1.03. The van der Waals surface area contributed by atoms with E-state index in [2.05, 4.69) is 10.1 Å². The van der Waals surface area contributed by atoms with E-state index in [1.54, 1.807) is 30.5 Å². The van der Waals surface area contributed by atoms with E-state index in [0.717, 1.165) is 35.9 Å². The van der Waals surface area contributed by atoms with Gasteiger partial charge in [-0.25, -0.2) is 9.67 Å². The summed E-state index contributed by atoms with van der Waals surface area (Å²) in [6.45, 7) is 5.23. The fourth-order valence-electron chi connectivity index (χ4n) is 3.19.